The lowest BCUT2D eigenvalue weighted by molar-refractivity contribution is -0.127. The minimum Gasteiger partial charge on any atom is -0.444 e. The average molecular weight is 384 g/mol. The minimum absolute atomic E-state index is 0.255. The van der Waals surface area contributed by atoms with Gasteiger partial charge in [0.05, 0.1) is 12.1 Å². The van der Waals surface area contributed by atoms with Crippen LogP contribution in [0.3, 0.4) is 0 Å². The highest BCUT2D eigenvalue weighted by Gasteiger charge is 2.24. The molecule has 1 heterocycles. The normalized spacial score (nSPS) is 15.7. The van der Waals surface area contributed by atoms with Crippen LogP contribution in [0.1, 0.15) is 60.8 Å². The number of aliphatic imine (C=N–C) groups is 1. The van der Waals surface area contributed by atoms with E-state index in [0.29, 0.717) is 18.9 Å². The lowest BCUT2D eigenvalue weighted by Crippen LogP contribution is -2.49. The summed E-state index contributed by atoms with van der Waals surface area (Å²) in [6, 6.07) is 0. The van der Waals surface area contributed by atoms with Crippen LogP contribution in [0.25, 0.3) is 0 Å². The molecule has 0 spiro atoms. The van der Waals surface area contributed by atoms with Gasteiger partial charge in [0.15, 0.2) is 5.96 Å². The molecule has 1 aliphatic heterocycles. The largest absolute Gasteiger partial charge is 0.444 e. The maximum absolute atomic E-state index is 12.0. The van der Waals surface area contributed by atoms with E-state index in [-0.39, 0.29) is 5.91 Å². The molecule has 0 aromatic rings. The van der Waals surface area contributed by atoms with E-state index in [1.165, 1.54) is 0 Å². The van der Waals surface area contributed by atoms with Gasteiger partial charge in [-0.15, -0.1) is 0 Å². The van der Waals surface area contributed by atoms with Gasteiger partial charge >= 0.3 is 6.09 Å². The molecule has 0 bridgehead atoms. The Labute approximate surface area is 163 Å². The van der Waals surface area contributed by atoms with Crippen LogP contribution >= 0.6 is 0 Å². The van der Waals surface area contributed by atoms with Crippen LogP contribution in [0, 0.1) is 0 Å². The SMILES string of the molecule is CCNC(=NCC(C)(C)NC(=O)OC(C)(C)C)NCCCN1CCCC1=O. The number of alkyl carbamates (subject to hydrolysis) is 1. The second-order valence-corrected chi connectivity index (χ2v) is 8.47. The van der Waals surface area contributed by atoms with Gasteiger partial charge < -0.3 is 25.6 Å². The maximum atomic E-state index is 12.0. The molecule has 156 valence electrons. The first-order valence-electron chi connectivity index (χ1n) is 9.83. The van der Waals surface area contributed by atoms with E-state index in [1.807, 2.05) is 46.4 Å². The molecule has 0 unspecified atom stereocenters. The van der Waals surface area contributed by atoms with Gasteiger partial charge in [-0.2, -0.15) is 0 Å². The first-order valence-corrected chi connectivity index (χ1v) is 9.83. The van der Waals surface area contributed by atoms with Gasteiger partial charge in [-0.3, -0.25) is 9.79 Å². The molecule has 1 rings (SSSR count). The highest BCUT2D eigenvalue weighted by molar-refractivity contribution is 5.80. The van der Waals surface area contributed by atoms with Crippen molar-refractivity contribution in [2.45, 2.75) is 71.9 Å². The summed E-state index contributed by atoms with van der Waals surface area (Å²) in [4.78, 5) is 30.1. The second kappa shape index (κ2) is 10.4. The smallest absolute Gasteiger partial charge is 0.408 e. The van der Waals surface area contributed by atoms with E-state index in [1.54, 1.807) is 0 Å². The highest BCUT2D eigenvalue weighted by atomic mass is 16.6. The Balaban J connectivity index is 2.43. The molecule has 2 amide bonds. The lowest BCUT2D eigenvalue weighted by Gasteiger charge is -2.27. The summed E-state index contributed by atoms with van der Waals surface area (Å²) < 4.78 is 5.30. The van der Waals surface area contributed by atoms with Crippen molar-refractivity contribution in [3.8, 4) is 0 Å². The van der Waals surface area contributed by atoms with E-state index in [0.717, 1.165) is 39.0 Å². The summed E-state index contributed by atoms with van der Waals surface area (Å²) >= 11 is 0. The first kappa shape index (κ1) is 23.0. The summed E-state index contributed by atoms with van der Waals surface area (Å²) in [7, 11) is 0. The van der Waals surface area contributed by atoms with Crippen LogP contribution in [0.5, 0.6) is 0 Å². The molecular weight excluding hydrogens is 346 g/mol. The molecule has 0 aromatic carbocycles. The Bertz CT molecular complexity index is 526. The van der Waals surface area contributed by atoms with E-state index < -0.39 is 17.2 Å². The second-order valence-electron chi connectivity index (χ2n) is 8.47. The number of carbonyl (C=O) groups is 2. The van der Waals surface area contributed by atoms with E-state index in [2.05, 4.69) is 20.9 Å². The molecule has 1 saturated heterocycles. The zero-order chi connectivity index (χ0) is 20.5. The number of guanidine groups is 1. The Morgan fingerprint density at radius 2 is 1.93 bits per heavy atom. The van der Waals surface area contributed by atoms with E-state index >= 15 is 0 Å². The van der Waals surface area contributed by atoms with Crippen molar-refractivity contribution >= 4 is 18.0 Å². The number of carbonyl (C=O) groups excluding carboxylic acids is 2. The summed E-state index contributed by atoms with van der Waals surface area (Å²) in [5.41, 5.74) is -1.07. The molecule has 0 atom stereocenters. The number of nitrogens with zero attached hydrogens (tertiary/aromatic N) is 2. The molecule has 1 aliphatic rings. The molecule has 3 N–H and O–H groups in total. The van der Waals surface area contributed by atoms with Crippen LogP contribution in [0.2, 0.25) is 0 Å². The zero-order valence-corrected chi connectivity index (χ0v) is 17.8. The molecule has 27 heavy (non-hydrogen) atoms. The molecule has 8 nitrogen and oxygen atoms in total. The van der Waals surface area contributed by atoms with Crippen molar-refractivity contribution < 1.29 is 14.3 Å². The fourth-order valence-electron chi connectivity index (χ4n) is 2.66. The van der Waals surface area contributed by atoms with Crippen molar-refractivity contribution in [3.63, 3.8) is 0 Å². The molecule has 0 saturated carbocycles. The lowest BCUT2D eigenvalue weighted by atomic mass is 10.1. The average Bonchev–Trinajstić information content (AvgIpc) is 2.91. The van der Waals surface area contributed by atoms with Crippen molar-refractivity contribution in [1.82, 2.24) is 20.9 Å². The molecule has 0 aromatic heterocycles. The van der Waals surface area contributed by atoms with Gasteiger partial charge in [-0.1, -0.05) is 0 Å². The number of likely N-dealkylation sites (tertiary alicyclic amines) is 1. The molecule has 1 fully saturated rings. The Morgan fingerprint density at radius 1 is 1.22 bits per heavy atom. The number of hydrogen-bond donors (Lipinski definition) is 3. The Kier molecular flexibility index (Phi) is 8.85. The van der Waals surface area contributed by atoms with E-state index in [4.69, 9.17) is 4.74 Å². The van der Waals surface area contributed by atoms with Crippen molar-refractivity contribution in [1.29, 1.82) is 0 Å². The standard InChI is InChI=1S/C19H37N5O3/c1-7-20-16(21-11-9-13-24-12-8-10-15(24)25)22-14-19(5,6)23-17(26)27-18(2,3)4/h7-14H2,1-6H3,(H,23,26)(H2,20,21,22). The number of ether oxygens (including phenoxy) is 1. The van der Waals surface area contributed by atoms with Gasteiger partial charge in [0.1, 0.15) is 5.60 Å². The van der Waals surface area contributed by atoms with Gasteiger partial charge in [0, 0.05) is 32.6 Å². The fraction of sp³-hybridized carbons (Fsp3) is 0.842. The number of hydrogen-bond acceptors (Lipinski definition) is 4. The monoisotopic (exact) mass is 383 g/mol. The van der Waals surface area contributed by atoms with Gasteiger partial charge in [0.2, 0.25) is 5.91 Å². The number of rotatable bonds is 8. The molecule has 0 radical (unpaired) electrons. The first-order chi connectivity index (χ1) is 12.5. The summed E-state index contributed by atoms with van der Waals surface area (Å²) in [5, 5.41) is 9.33. The predicted molar refractivity (Wildman–Crippen MR) is 108 cm³/mol. The third-order valence-corrected chi connectivity index (χ3v) is 3.88. The number of amides is 2. The minimum atomic E-state index is -0.535. The summed E-state index contributed by atoms with van der Waals surface area (Å²) in [6.07, 6.45) is 2.07. The van der Waals surface area contributed by atoms with Gasteiger partial charge in [0.25, 0.3) is 0 Å². The van der Waals surface area contributed by atoms with Crippen LogP contribution < -0.4 is 16.0 Å². The van der Waals surface area contributed by atoms with Crippen molar-refractivity contribution in [2.75, 3.05) is 32.7 Å². The maximum Gasteiger partial charge on any atom is 0.408 e. The Hall–Kier alpha value is -1.99. The van der Waals surface area contributed by atoms with Gasteiger partial charge in [-0.05, 0) is 54.4 Å². The molecule has 8 heteroatoms. The summed E-state index contributed by atoms with van der Waals surface area (Å²) in [5.74, 6) is 0.954. The number of nitrogens with one attached hydrogen (secondary N) is 3. The van der Waals surface area contributed by atoms with Gasteiger partial charge in [-0.25, -0.2) is 4.79 Å². The van der Waals surface area contributed by atoms with Crippen LogP contribution in [0.15, 0.2) is 4.99 Å². The third-order valence-electron chi connectivity index (χ3n) is 3.88. The highest BCUT2D eigenvalue weighted by Crippen LogP contribution is 2.10. The summed E-state index contributed by atoms with van der Waals surface area (Å²) in [6.45, 7) is 14.9. The quantitative estimate of drug-likeness (QED) is 0.338. The topological polar surface area (TPSA) is 95.1 Å². The fourth-order valence-corrected chi connectivity index (χ4v) is 2.66. The third kappa shape index (κ3) is 10.1. The Morgan fingerprint density at radius 3 is 2.48 bits per heavy atom. The molecular formula is C19H37N5O3. The van der Waals surface area contributed by atoms with E-state index in [9.17, 15) is 9.59 Å². The zero-order valence-electron chi connectivity index (χ0n) is 17.8. The van der Waals surface area contributed by atoms with Crippen LogP contribution in [0.4, 0.5) is 4.79 Å². The predicted octanol–water partition coefficient (Wildman–Crippen LogP) is 1.86. The van der Waals surface area contributed by atoms with Crippen molar-refractivity contribution in [2.24, 2.45) is 4.99 Å². The molecule has 0 aliphatic carbocycles. The van der Waals surface area contributed by atoms with Crippen LogP contribution in [-0.2, 0) is 9.53 Å². The van der Waals surface area contributed by atoms with Crippen molar-refractivity contribution in [3.05, 3.63) is 0 Å². The van der Waals surface area contributed by atoms with Crippen LogP contribution in [-0.4, -0.2) is 66.7 Å².